The Kier molecular flexibility index (Phi) is 41.5. The van der Waals surface area contributed by atoms with Gasteiger partial charge in [-0.25, -0.2) is 0 Å². The van der Waals surface area contributed by atoms with Crippen LogP contribution in [0, 0.1) is 11.8 Å². The van der Waals surface area contributed by atoms with Crippen molar-refractivity contribution in [3.63, 3.8) is 0 Å². The lowest BCUT2D eigenvalue weighted by Gasteiger charge is -2.29. The van der Waals surface area contributed by atoms with Gasteiger partial charge in [0.2, 0.25) is 47.3 Å². The molecule has 21 heteroatoms. The quantitative estimate of drug-likeness (QED) is 0.109. The third-order valence-electron chi connectivity index (χ3n) is 14.0. The Morgan fingerprint density at radius 3 is 0.649 bits per heavy atom. The molecule has 12 amide bonds. The number of imide groups is 4. The zero-order valence-electron chi connectivity index (χ0n) is 57.5. The summed E-state index contributed by atoms with van der Waals surface area (Å²) in [6.45, 7) is 29.9. The van der Waals surface area contributed by atoms with Crippen molar-refractivity contribution in [1.82, 2.24) is 40.9 Å². The molecule has 4 fully saturated rings. The van der Waals surface area contributed by atoms with Crippen molar-refractivity contribution >= 4 is 70.9 Å². The number of carbonyl (C=O) groups is 12. The Morgan fingerprint density at radius 2 is 0.511 bits per heavy atom. The first-order chi connectivity index (χ1) is 44.8. The second-order valence-electron chi connectivity index (χ2n) is 20.6. The van der Waals surface area contributed by atoms with Crippen molar-refractivity contribution in [1.29, 1.82) is 0 Å². The van der Waals surface area contributed by atoms with Crippen LogP contribution in [0.15, 0.2) is 97.1 Å². The number of hydrogen-bond donors (Lipinski definition) is 4. The number of hydrogen-bond acceptors (Lipinski definition) is 13. The van der Waals surface area contributed by atoms with Gasteiger partial charge >= 0.3 is 0 Å². The molecule has 12 rings (SSSR count). The van der Waals surface area contributed by atoms with Crippen molar-refractivity contribution in [2.45, 2.75) is 219 Å². The molecule has 4 saturated heterocycles. The minimum atomic E-state index is -0.525. The van der Waals surface area contributed by atoms with Gasteiger partial charge in [-0.1, -0.05) is 176 Å². The van der Waals surface area contributed by atoms with E-state index in [1.165, 1.54) is 12.8 Å². The highest BCUT2D eigenvalue weighted by Gasteiger charge is 2.42. The van der Waals surface area contributed by atoms with Gasteiger partial charge in [-0.15, -0.1) is 11.8 Å². The molecular weight excluding hydrogens is 1200 g/mol. The molecule has 4 unspecified atom stereocenters. The van der Waals surface area contributed by atoms with Crippen LogP contribution in [0.1, 0.15) is 232 Å². The summed E-state index contributed by atoms with van der Waals surface area (Å²) in [5.41, 5.74) is 6.37. The summed E-state index contributed by atoms with van der Waals surface area (Å²) in [5, 5.41) is 9.13. The van der Waals surface area contributed by atoms with Crippen molar-refractivity contribution in [2.24, 2.45) is 0 Å². The van der Waals surface area contributed by atoms with E-state index in [1.807, 2.05) is 142 Å². The molecule has 4 aromatic carbocycles. The largest absolute Gasteiger partial charge is 0.388 e. The topological polar surface area (TPSA) is 275 Å². The van der Waals surface area contributed by atoms with E-state index in [4.69, 9.17) is 0 Å². The van der Waals surface area contributed by atoms with Gasteiger partial charge in [0, 0.05) is 88.3 Å². The predicted molar refractivity (Wildman–Crippen MR) is 366 cm³/mol. The van der Waals surface area contributed by atoms with E-state index in [-0.39, 0.29) is 104 Å². The number of ether oxygens (including phenoxy) is 1. The van der Waals surface area contributed by atoms with Gasteiger partial charge in [0.15, 0.2) is 0 Å². The molecule has 4 atom stereocenters. The lowest BCUT2D eigenvalue weighted by atomic mass is 10.0. The van der Waals surface area contributed by atoms with Crippen LogP contribution in [0.5, 0.6) is 0 Å². The van der Waals surface area contributed by atoms with Crippen LogP contribution in [-0.4, -0.2) is 129 Å². The number of fused-ring (bicyclic) bond motifs is 4. The van der Waals surface area contributed by atoms with E-state index in [0.29, 0.717) is 74.1 Å². The van der Waals surface area contributed by atoms with Crippen molar-refractivity contribution in [3.05, 3.63) is 142 Å². The van der Waals surface area contributed by atoms with Gasteiger partial charge in [0.05, 0.1) is 0 Å². The number of nitrogens with one attached hydrogen (secondary N) is 4. The van der Waals surface area contributed by atoms with Crippen LogP contribution < -0.4 is 21.3 Å². The molecule has 21 nitrogen and oxygen atoms in total. The molecule has 8 aliphatic heterocycles. The van der Waals surface area contributed by atoms with Gasteiger partial charge in [0.25, 0.3) is 23.6 Å². The third-order valence-corrected chi connectivity index (χ3v) is 14.0. The number of piperidine rings is 4. The Bertz CT molecular complexity index is 2810. The highest BCUT2D eigenvalue weighted by Crippen LogP contribution is 2.31. The van der Waals surface area contributed by atoms with E-state index < -0.39 is 24.2 Å². The van der Waals surface area contributed by atoms with Crippen LogP contribution in [0.2, 0.25) is 0 Å². The zero-order chi connectivity index (χ0) is 70.3. The van der Waals surface area contributed by atoms with E-state index in [2.05, 4.69) is 65.5 Å². The average molecular weight is 1300 g/mol. The SMILES string of the molecule is C.CC.CC.CC.CC.CC#CC.CCC.CCC.COC.O=C1CCC(N2Cc3ccccc3C2=O)C(=O)N1.O=C1CCC(N2Cc3ccccc3C2=O)C(=O)N1.O=C1CCC(N2Cc3ccccc3C2=O)C(=O)N1.O=C1CCC(N2Cc3ccccc3C2=O)C(=O)N1. The molecule has 4 N–H and O–H groups in total. The first kappa shape index (κ1) is 84.8. The molecule has 0 aliphatic carbocycles. The first-order valence-corrected chi connectivity index (χ1v) is 32.5. The van der Waals surface area contributed by atoms with Crippen LogP contribution in [0.4, 0.5) is 0 Å². The Morgan fingerprint density at radius 1 is 0.351 bits per heavy atom. The standard InChI is InChI=1S/4C13H12N2O3.C4H6.2C3H8.C2H6O.4C2H6.CH4/c4*16-11-6-5-10(12(17)14-11)15-7-8-3-1-2-4-9(8)13(15)18;1-3-4-2;3*1-3-2;4*1-2;/h4*1-4,10H,5-7H2,(H,14,16,17);1-2H3;2*3H2,1-2H3;1-2H3;4*1-2H3;1H4. The van der Waals surface area contributed by atoms with Gasteiger partial charge in [0.1, 0.15) is 24.2 Å². The third kappa shape index (κ3) is 24.1. The van der Waals surface area contributed by atoms with E-state index in [1.54, 1.807) is 58.1 Å². The van der Waals surface area contributed by atoms with Gasteiger partial charge < -0.3 is 24.3 Å². The fraction of sp³-hybridized carbons (Fsp3) is 0.479. The van der Waals surface area contributed by atoms with Crippen LogP contribution >= 0.6 is 0 Å². The summed E-state index contributed by atoms with van der Waals surface area (Å²) in [4.78, 5) is 146. The minimum Gasteiger partial charge on any atom is -0.388 e. The molecule has 0 spiro atoms. The Balaban J connectivity index is 0.00000111. The number of amides is 12. The molecule has 8 heterocycles. The molecule has 4 aromatic rings. The minimum absolute atomic E-state index is 0. The van der Waals surface area contributed by atoms with Crippen LogP contribution in [0.25, 0.3) is 0 Å². The molecule has 94 heavy (non-hydrogen) atoms. The predicted octanol–water partition coefficient (Wildman–Crippen LogP) is 10.7. The summed E-state index contributed by atoms with van der Waals surface area (Å²) >= 11 is 0. The van der Waals surface area contributed by atoms with Crippen LogP contribution in [0.3, 0.4) is 0 Å². The van der Waals surface area contributed by atoms with E-state index in [9.17, 15) is 57.5 Å². The second-order valence-corrected chi connectivity index (χ2v) is 20.6. The summed E-state index contributed by atoms with van der Waals surface area (Å²) in [5.74, 6) is 2.33. The monoisotopic (exact) mass is 1300 g/mol. The van der Waals surface area contributed by atoms with E-state index in [0.717, 1.165) is 22.3 Å². The average Bonchev–Trinajstić information content (AvgIpc) is 1.68. The normalized spacial score (nSPS) is 18.6. The lowest BCUT2D eigenvalue weighted by Crippen LogP contribution is -2.52. The molecule has 0 bridgehead atoms. The van der Waals surface area contributed by atoms with E-state index >= 15 is 0 Å². The van der Waals surface area contributed by atoms with Gasteiger partial charge in [-0.2, -0.15) is 0 Å². The number of carbonyl (C=O) groups excluding carboxylic acids is 12. The molecule has 0 aromatic heterocycles. The summed E-state index contributed by atoms with van der Waals surface area (Å²) in [7, 11) is 3.25. The highest BCUT2D eigenvalue weighted by molar-refractivity contribution is 6.08. The van der Waals surface area contributed by atoms with Gasteiger partial charge in [-0.05, 0) is 86.1 Å². The smallest absolute Gasteiger partial charge is 0.255 e. The highest BCUT2D eigenvalue weighted by atomic mass is 16.4. The first-order valence-electron chi connectivity index (χ1n) is 32.5. The Labute approximate surface area is 558 Å². The second kappa shape index (κ2) is 46.0. The fourth-order valence-electron chi connectivity index (χ4n) is 10.0. The fourth-order valence-corrected chi connectivity index (χ4v) is 10.0. The zero-order valence-corrected chi connectivity index (χ0v) is 57.5. The van der Waals surface area contributed by atoms with Crippen molar-refractivity contribution < 1.29 is 62.3 Å². The summed E-state index contributed by atoms with van der Waals surface area (Å²) in [6, 6.07) is 27.3. The molecule has 0 radical (unpaired) electrons. The Hall–Kier alpha value is -9.16. The number of methoxy groups -OCH3 is 1. The van der Waals surface area contributed by atoms with Crippen molar-refractivity contribution in [3.8, 4) is 11.8 Å². The van der Waals surface area contributed by atoms with Crippen molar-refractivity contribution in [2.75, 3.05) is 14.2 Å². The maximum absolute atomic E-state index is 12.2. The van der Waals surface area contributed by atoms with Crippen LogP contribution in [-0.2, 0) is 69.3 Å². The number of nitrogens with zero attached hydrogens (tertiary/aromatic N) is 4. The van der Waals surface area contributed by atoms with Gasteiger partial charge in [-0.3, -0.25) is 78.8 Å². The molecular formula is C73H104N8O13. The lowest BCUT2D eigenvalue weighted by molar-refractivity contribution is -0.138. The maximum atomic E-state index is 12.2. The molecule has 0 saturated carbocycles. The number of rotatable bonds is 4. The molecule has 8 aliphatic rings. The summed E-state index contributed by atoms with van der Waals surface area (Å²) < 4.78 is 4.25. The summed E-state index contributed by atoms with van der Waals surface area (Å²) in [6.07, 6.45) is 5.28. The molecule has 514 valence electrons. The number of benzene rings is 4. The maximum Gasteiger partial charge on any atom is 0.255 e.